The highest BCUT2D eigenvalue weighted by molar-refractivity contribution is 7.14. The van der Waals surface area contributed by atoms with Gasteiger partial charge in [-0.2, -0.15) is 0 Å². The molecule has 0 aliphatic carbocycles. The van der Waals surface area contributed by atoms with E-state index >= 15 is 0 Å². The van der Waals surface area contributed by atoms with Crippen LogP contribution in [0.4, 0.5) is 0 Å². The summed E-state index contributed by atoms with van der Waals surface area (Å²) >= 11 is 3.10. The standard InChI is InChI=1S/C10H10N2O2S2/c1-6-11-8(5-15-6)10-12-7(4-16-10)2-3-9(13)14/h4-5H,2-3H2,1H3,(H,13,14). The van der Waals surface area contributed by atoms with Crippen molar-refractivity contribution in [1.29, 1.82) is 0 Å². The van der Waals surface area contributed by atoms with E-state index in [1.807, 2.05) is 17.7 Å². The van der Waals surface area contributed by atoms with Gasteiger partial charge in [-0.25, -0.2) is 9.97 Å². The largest absolute Gasteiger partial charge is 0.481 e. The molecule has 2 rings (SSSR count). The number of rotatable bonds is 4. The van der Waals surface area contributed by atoms with E-state index < -0.39 is 5.97 Å². The molecular weight excluding hydrogens is 244 g/mol. The maximum atomic E-state index is 10.4. The van der Waals surface area contributed by atoms with Gasteiger partial charge in [-0.3, -0.25) is 4.79 Å². The molecular formula is C10H10N2O2S2. The molecule has 0 aliphatic rings. The third-order valence-electron chi connectivity index (χ3n) is 1.98. The van der Waals surface area contributed by atoms with Crippen molar-refractivity contribution >= 4 is 28.6 Å². The highest BCUT2D eigenvalue weighted by Gasteiger charge is 2.08. The zero-order valence-electron chi connectivity index (χ0n) is 8.64. The Morgan fingerprint density at radius 1 is 1.38 bits per heavy atom. The van der Waals surface area contributed by atoms with E-state index in [1.165, 1.54) is 11.3 Å². The SMILES string of the molecule is Cc1nc(-c2nc(CCC(=O)O)cs2)cs1. The first kappa shape index (κ1) is 11.2. The van der Waals surface area contributed by atoms with Crippen LogP contribution in [0, 0.1) is 6.92 Å². The Hall–Kier alpha value is -1.27. The van der Waals surface area contributed by atoms with Gasteiger partial charge in [0, 0.05) is 17.2 Å². The lowest BCUT2D eigenvalue weighted by atomic mass is 10.2. The molecule has 0 aliphatic heterocycles. The van der Waals surface area contributed by atoms with Crippen molar-refractivity contribution in [2.75, 3.05) is 0 Å². The first-order valence-electron chi connectivity index (χ1n) is 4.74. The molecule has 6 heteroatoms. The van der Waals surface area contributed by atoms with E-state index in [4.69, 9.17) is 5.11 Å². The Balaban J connectivity index is 2.10. The molecule has 0 radical (unpaired) electrons. The number of carboxylic acid groups (broad SMARTS) is 1. The van der Waals surface area contributed by atoms with Crippen molar-refractivity contribution in [2.45, 2.75) is 19.8 Å². The van der Waals surface area contributed by atoms with Gasteiger partial charge in [-0.05, 0) is 6.92 Å². The highest BCUT2D eigenvalue weighted by atomic mass is 32.1. The number of hydrogen-bond acceptors (Lipinski definition) is 5. The molecule has 4 nitrogen and oxygen atoms in total. The maximum Gasteiger partial charge on any atom is 0.303 e. The Labute approximate surface area is 101 Å². The zero-order chi connectivity index (χ0) is 11.5. The van der Waals surface area contributed by atoms with Crippen molar-refractivity contribution in [3.63, 3.8) is 0 Å². The van der Waals surface area contributed by atoms with E-state index in [0.29, 0.717) is 6.42 Å². The fourth-order valence-electron chi connectivity index (χ4n) is 1.24. The van der Waals surface area contributed by atoms with Crippen LogP contribution in [0.2, 0.25) is 0 Å². The van der Waals surface area contributed by atoms with Gasteiger partial charge >= 0.3 is 5.97 Å². The first-order chi connectivity index (χ1) is 7.65. The monoisotopic (exact) mass is 254 g/mol. The lowest BCUT2D eigenvalue weighted by Crippen LogP contribution is -1.97. The second-order valence-electron chi connectivity index (χ2n) is 3.29. The molecule has 2 heterocycles. The third-order valence-corrected chi connectivity index (χ3v) is 3.67. The summed E-state index contributed by atoms with van der Waals surface area (Å²) in [6, 6.07) is 0. The normalized spacial score (nSPS) is 10.6. The van der Waals surface area contributed by atoms with Gasteiger partial charge < -0.3 is 5.11 Å². The van der Waals surface area contributed by atoms with Gasteiger partial charge in [0.15, 0.2) is 0 Å². The summed E-state index contributed by atoms with van der Waals surface area (Å²) in [7, 11) is 0. The summed E-state index contributed by atoms with van der Waals surface area (Å²) in [5.74, 6) is -0.793. The van der Waals surface area contributed by atoms with Gasteiger partial charge in [-0.15, -0.1) is 22.7 Å². The zero-order valence-corrected chi connectivity index (χ0v) is 10.3. The third kappa shape index (κ3) is 2.65. The predicted molar refractivity (Wildman–Crippen MR) is 63.9 cm³/mol. The van der Waals surface area contributed by atoms with Crippen molar-refractivity contribution in [1.82, 2.24) is 9.97 Å². The second-order valence-corrected chi connectivity index (χ2v) is 5.21. The van der Waals surface area contributed by atoms with Gasteiger partial charge in [0.05, 0.1) is 17.1 Å². The highest BCUT2D eigenvalue weighted by Crippen LogP contribution is 2.25. The quantitative estimate of drug-likeness (QED) is 0.911. The van der Waals surface area contributed by atoms with Gasteiger partial charge in [0.2, 0.25) is 0 Å². The van der Waals surface area contributed by atoms with E-state index in [2.05, 4.69) is 9.97 Å². The molecule has 84 valence electrons. The number of aryl methyl sites for hydroxylation is 2. The molecule has 16 heavy (non-hydrogen) atoms. The fraction of sp³-hybridized carbons (Fsp3) is 0.300. The van der Waals surface area contributed by atoms with E-state index in [-0.39, 0.29) is 6.42 Å². The van der Waals surface area contributed by atoms with Crippen molar-refractivity contribution in [3.05, 3.63) is 21.5 Å². The molecule has 0 fully saturated rings. The molecule has 1 N–H and O–H groups in total. The Bertz CT molecular complexity index is 504. The van der Waals surface area contributed by atoms with Crippen LogP contribution in [-0.2, 0) is 11.2 Å². The summed E-state index contributed by atoms with van der Waals surface area (Å²) in [6.07, 6.45) is 0.605. The van der Waals surface area contributed by atoms with Crippen molar-refractivity contribution in [3.8, 4) is 10.7 Å². The van der Waals surface area contributed by atoms with Crippen LogP contribution in [0.1, 0.15) is 17.1 Å². The maximum absolute atomic E-state index is 10.4. The summed E-state index contributed by atoms with van der Waals surface area (Å²) in [4.78, 5) is 19.1. The minimum Gasteiger partial charge on any atom is -0.481 e. The molecule has 0 unspecified atom stereocenters. The smallest absolute Gasteiger partial charge is 0.303 e. The average molecular weight is 254 g/mol. The van der Waals surface area contributed by atoms with Crippen molar-refractivity contribution < 1.29 is 9.90 Å². The van der Waals surface area contributed by atoms with Crippen LogP contribution in [0.5, 0.6) is 0 Å². The number of thiazole rings is 2. The van der Waals surface area contributed by atoms with Crippen LogP contribution in [0.15, 0.2) is 10.8 Å². The predicted octanol–water partition coefficient (Wildman–Crippen LogP) is 2.59. The molecule has 0 atom stereocenters. The molecule has 0 bridgehead atoms. The summed E-state index contributed by atoms with van der Waals surface area (Å²) in [6.45, 7) is 1.95. The number of aliphatic carboxylic acids is 1. The van der Waals surface area contributed by atoms with Crippen LogP contribution in [0.3, 0.4) is 0 Å². The molecule has 2 aromatic rings. The minimum atomic E-state index is -0.793. The van der Waals surface area contributed by atoms with Gasteiger partial charge in [0.25, 0.3) is 0 Å². The first-order valence-corrected chi connectivity index (χ1v) is 6.50. The topological polar surface area (TPSA) is 63.1 Å². The Kier molecular flexibility index (Phi) is 3.31. The molecule has 0 spiro atoms. The number of carboxylic acids is 1. The summed E-state index contributed by atoms with van der Waals surface area (Å²) < 4.78 is 0. The molecule has 0 aromatic carbocycles. The van der Waals surface area contributed by atoms with Gasteiger partial charge in [0.1, 0.15) is 10.7 Å². The van der Waals surface area contributed by atoms with E-state index in [0.717, 1.165) is 21.4 Å². The lowest BCUT2D eigenvalue weighted by molar-refractivity contribution is -0.136. The number of nitrogens with zero attached hydrogens (tertiary/aromatic N) is 2. The minimum absolute atomic E-state index is 0.124. The van der Waals surface area contributed by atoms with Crippen LogP contribution in [0.25, 0.3) is 10.7 Å². The lowest BCUT2D eigenvalue weighted by Gasteiger charge is -1.90. The summed E-state index contributed by atoms with van der Waals surface area (Å²) in [5, 5.41) is 14.3. The second kappa shape index (κ2) is 4.71. The molecule has 0 saturated heterocycles. The van der Waals surface area contributed by atoms with Crippen LogP contribution >= 0.6 is 22.7 Å². The van der Waals surface area contributed by atoms with E-state index in [1.54, 1.807) is 11.3 Å². The Morgan fingerprint density at radius 2 is 2.19 bits per heavy atom. The van der Waals surface area contributed by atoms with Crippen LogP contribution in [-0.4, -0.2) is 21.0 Å². The number of carbonyl (C=O) groups is 1. The molecule has 0 saturated carbocycles. The molecule has 0 amide bonds. The van der Waals surface area contributed by atoms with Gasteiger partial charge in [-0.1, -0.05) is 0 Å². The van der Waals surface area contributed by atoms with Crippen molar-refractivity contribution in [2.24, 2.45) is 0 Å². The number of aromatic nitrogens is 2. The average Bonchev–Trinajstić information content (AvgIpc) is 2.83. The van der Waals surface area contributed by atoms with Crippen LogP contribution < -0.4 is 0 Å². The Morgan fingerprint density at radius 3 is 2.81 bits per heavy atom. The summed E-state index contributed by atoms with van der Waals surface area (Å²) in [5.41, 5.74) is 1.71. The molecule has 2 aromatic heterocycles. The fourth-order valence-corrected chi connectivity index (χ4v) is 2.72. The van der Waals surface area contributed by atoms with E-state index in [9.17, 15) is 4.79 Å². The number of hydrogen-bond donors (Lipinski definition) is 1.